The Bertz CT molecular complexity index is 1570. The molecule has 0 rings (SSSR count). The molecule has 0 saturated carbocycles. The fraction of sp³-hybridized carbons (Fsp3) is 0.867. The molecular formula is C75H143NO8P+. The molecule has 0 radical (unpaired) electrons. The molecular weight excluding hydrogens is 1070 g/mol. The number of unbranched alkanes of at least 4 members (excludes halogenated alkanes) is 47. The molecule has 2 unspecified atom stereocenters. The Balaban J connectivity index is 3.95. The molecule has 85 heavy (non-hydrogen) atoms. The number of esters is 2. The van der Waals surface area contributed by atoms with Gasteiger partial charge in [-0.05, 0) is 51.4 Å². The zero-order chi connectivity index (χ0) is 61.9. The highest BCUT2D eigenvalue weighted by Crippen LogP contribution is 2.43. The third-order valence-corrected chi connectivity index (χ3v) is 17.6. The van der Waals surface area contributed by atoms with Gasteiger partial charge in [0.15, 0.2) is 6.10 Å². The van der Waals surface area contributed by atoms with E-state index in [9.17, 15) is 19.0 Å². The van der Waals surface area contributed by atoms with Crippen molar-refractivity contribution in [3.8, 4) is 0 Å². The Morgan fingerprint density at radius 3 is 1.00 bits per heavy atom. The van der Waals surface area contributed by atoms with E-state index in [1.54, 1.807) is 0 Å². The molecule has 0 aliphatic heterocycles. The number of hydrogen-bond donors (Lipinski definition) is 1. The SMILES string of the molecule is CC/C=C\C/C=C\C/C=C\C/C=C\CCCCCCCCCCCCCCCCCCCCCCCCC(=O)OC(COC(=O)CCCCCCCCCCCCCCCCCCCCCCCCCCCC)COP(=O)(O)OCC[N+](C)(C)C. The van der Waals surface area contributed by atoms with Crippen LogP contribution in [-0.2, 0) is 32.7 Å². The van der Waals surface area contributed by atoms with Crippen LogP contribution in [0, 0.1) is 0 Å². The van der Waals surface area contributed by atoms with E-state index in [0.29, 0.717) is 23.9 Å². The molecule has 0 heterocycles. The quantitative estimate of drug-likeness (QED) is 0.0211. The van der Waals surface area contributed by atoms with E-state index >= 15 is 0 Å². The number of phosphoric acid groups is 1. The lowest BCUT2D eigenvalue weighted by Crippen LogP contribution is -2.37. The normalized spacial score (nSPS) is 13.3. The number of ether oxygens (including phenoxy) is 2. The summed E-state index contributed by atoms with van der Waals surface area (Å²) in [5.74, 6) is -0.773. The molecule has 0 aromatic carbocycles. The molecule has 500 valence electrons. The first-order valence-electron chi connectivity index (χ1n) is 36.9. The van der Waals surface area contributed by atoms with Crippen LogP contribution >= 0.6 is 7.82 Å². The third kappa shape index (κ3) is 70.9. The highest BCUT2D eigenvalue weighted by Gasteiger charge is 2.27. The van der Waals surface area contributed by atoms with Crippen LogP contribution in [0.25, 0.3) is 0 Å². The van der Waals surface area contributed by atoms with Crippen molar-refractivity contribution in [3.05, 3.63) is 48.6 Å². The summed E-state index contributed by atoms with van der Waals surface area (Å²) in [7, 11) is 1.50. The summed E-state index contributed by atoms with van der Waals surface area (Å²) in [5, 5.41) is 0. The summed E-state index contributed by atoms with van der Waals surface area (Å²) in [6.07, 6.45) is 86.7. The third-order valence-electron chi connectivity index (χ3n) is 16.6. The van der Waals surface area contributed by atoms with Crippen LogP contribution in [0.1, 0.15) is 367 Å². The number of allylic oxidation sites excluding steroid dienone is 8. The summed E-state index contributed by atoms with van der Waals surface area (Å²) in [5.41, 5.74) is 0. The van der Waals surface area contributed by atoms with Gasteiger partial charge in [-0.15, -0.1) is 0 Å². The maximum Gasteiger partial charge on any atom is 0.472 e. The van der Waals surface area contributed by atoms with Gasteiger partial charge in [-0.1, -0.05) is 351 Å². The Hall–Kier alpha value is -2.03. The molecule has 0 amide bonds. The van der Waals surface area contributed by atoms with E-state index in [1.165, 1.54) is 276 Å². The molecule has 0 aliphatic rings. The molecule has 0 bridgehead atoms. The van der Waals surface area contributed by atoms with Gasteiger partial charge in [0.2, 0.25) is 0 Å². The van der Waals surface area contributed by atoms with E-state index in [2.05, 4.69) is 62.5 Å². The maximum atomic E-state index is 12.9. The smallest absolute Gasteiger partial charge is 0.462 e. The monoisotopic (exact) mass is 1220 g/mol. The van der Waals surface area contributed by atoms with Gasteiger partial charge in [-0.25, -0.2) is 4.57 Å². The number of carbonyl (C=O) groups excluding carboxylic acids is 2. The van der Waals surface area contributed by atoms with Gasteiger partial charge in [0.25, 0.3) is 0 Å². The lowest BCUT2D eigenvalue weighted by molar-refractivity contribution is -0.870. The van der Waals surface area contributed by atoms with Crippen LogP contribution in [-0.4, -0.2) is 74.9 Å². The zero-order valence-electron chi connectivity index (χ0n) is 57.1. The van der Waals surface area contributed by atoms with Crippen molar-refractivity contribution in [2.75, 3.05) is 47.5 Å². The molecule has 0 spiro atoms. The fourth-order valence-electron chi connectivity index (χ4n) is 11.0. The topological polar surface area (TPSA) is 108 Å². The molecule has 1 N–H and O–H groups in total. The molecule has 0 fully saturated rings. The second-order valence-electron chi connectivity index (χ2n) is 26.3. The predicted molar refractivity (Wildman–Crippen MR) is 367 cm³/mol. The average Bonchev–Trinajstić information content (AvgIpc) is 3.51. The first-order valence-corrected chi connectivity index (χ1v) is 38.4. The molecule has 9 nitrogen and oxygen atoms in total. The number of likely N-dealkylation sites (N-methyl/N-ethyl adjacent to an activating group) is 1. The largest absolute Gasteiger partial charge is 0.472 e. The highest BCUT2D eigenvalue weighted by atomic mass is 31.2. The summed E-state index contributed by atoms with van der Waals surface area (Å²) >= 11 is 0. The van der Waals surface area contributed by atoms with E-state index in [-0.39, 0.29) is 25.6 Å². The van der Waals surface area contributed by atoms with Gasteiger partial charge >= 0.3 is 19.8 Å². The predicted octanol–water partition coefficient (Wildman–Crippen LogP) is 24.0. The summed E-state index contributed by atoms with van der Waals surface area (Å²) in [6, 6.07) is 0. The maximum absolute atomic E-state index is 12.9. The summed E-state index contributed by atoms with van der Waals surface area (Å²) in [4.78, 5) is 35.9. The van der Waals surface area contributed by atoms with Gasteiger partial charge < -0.3 is 18.9 Å². The van der Waals surface area contributed by atoms with Crippen LogP contribution in [0.4, 0.5) is 0 Å². The molecule has 2 atom stereocenters. The lowest BCUT2D eigenvalue weighted by Gasteiger charge is -2.24. The number of hydrogen-bond acceptors (Lipinski definition) is 7. The van der Waals surface area contributed by atoms with Crippen molar-refractivity contribution in [2.24, 2.45) is 0 Å². The van der Waals surface area contributed by atoms with Crippen LogP contribution in [0.5, 0.6) is 0 Å². The minimum Gasteiger partial charge on any atom is -0.462 e. The standard InChI is InChI=1S/C75H142NO8P/c1-6-8-10-12-14-16-18-20-22-24-26-28-30-32-34-35-36-37-38-39-40-41-42-44-46-48-50-52-54-56-58-60-62-64-66-68-75(78)84-73(72-83-85(79,80)82-70-69-76(3,4)5)71-81-74(77)67-65-63-61-59-57-55-53-51-49-47-45-43-33-31-29-27-25-23-21-19-17-15-13-11-9-7-2/h8,10,14,16,20,22,26,28,73H,6-7,9,11-13,15,17-19,21,23-25,27,29-72H2,1-5H3/p+1/b10-8-,16-14-,22-20-,28-26-. The second-order valence-corrected chi connectivity index (χ2v) is 27.8. The lowest BCUT2D eigenvalue weighted by atomic mass is 10.0. The van der Waals surface area contributed by atoms with Crippen molar-refractivity contribution in [2.45, 2.75) is 373 Å². The Morgan fingerprint density at radius 1 is 0.376 bits per heavy atom. The van der Waals surface area contributed by atoms with Gasteiger partial charge in [-0.3, -0.25) is 18.6 Å². The first-order chi connectivity index (χ1) is 41.5. The van der Waals surface area contributed by atoms with Crippen molar-refractivity contribution in [1.29, 1.82) is 0 Å². The van der Waals surface area contributed by atoms with Crippen LogP contribution in [0.2, 0.25) is 0 Å². The van der Waals surface area contributed by atoms with Gasteiger partial charge in [0, 0.05) is 12.8 Å². The van der Waals surface area contributed by atoms with Crippen LogP contribution < -0.4 is 0 Å². The summed E-state index contributed by atoms with van der Waals surface area (Å²) in [6.45, 7) is 4.40. The molecule has 0 saturated heterocycles. The number of carbonyl (C=O) groups is 2. The average molecular weight is 1220 g/mol. The fourth-order valence-corrected chi connectivity index (χ4v) is 11.8. The Morgan fingerprint density at radius 2 is 0.671 bits per heavy atom. The number of nitrogens with zero attached hydrogens (tertiary/aromatic N) is 1. The number of rotatable bonds is 69. The minimum atomic E-state index is -4.39. The van der Waals surface area contributed by atoms with Crippen molar-refractivity contribution < 1.29 is 42.1 Å². The minimum absolute atomic E-state index is 0.0350. The van der Waals surface area contributed by atoms with E-state index in [4.69, 9.17) is 18.5 Å². The molecule has 0 aromatic rings. The molecule has 0 aromatic heterocycles. The second kappa shape index (κ2) is 66.4. The van der Waals surface area contributed by atoms with Gasteiger partial charge in [0.05, 0.1) is 27.7 Å². The van der Waals surface area contributed by atoms with Gasteiger partial charge in [0.1, 0.15) is 19.8 Å². The highest BCUT2D eigenvalue weighted by molar-refractivity contribution is 7.47. The number of quaternary nitrogens is 1. The van der Waals surface area contributed by atoms with Crippen LogP contribution in [0.15, 0.2) is 48.6 Å². The first kappa shape index (κ1) is 83.0. The van der Waals surface area contributed by atoms with E-state index in [1.807, 2.05) is 21.1 Å². The van der Waals surface area contributed by atoms with E-state index in [0.717, 1.165) is 57.8 Å². The van der Waals surface area contributed by atoms with Gasteiger partial charge in [-0.2, -0.15) is 0 Å². The van der Waals surface area contributed by atoms with Crippen molar-refractivity contribution in [3.63, 3.8) is 0 Å². The number of phosphoric ester groups is 1. The van der Waals surface area contributed by atoms with E-state index < -0.39 is 26.5 Å². The van der Waals surface area contributed by atoms with Crippen LogP contribution in [0.3, 0.4) is 0 Å². The van der Waals surface area contributed by atoms with Crippen molar-refractivity contribution in [1.82, 2.24) is 0 Å². The molecule has 10 heteroatoms. The Labute approximate surface area is 528 Å². The Kier molecular flexibility index (Phi) is 64.8. The molecule has 0 aliphatic carbocycles. The summed E-state index contributed by atoms with van der Waals surface area (Å²) < 4.78 is 34.8. The zero-order valence-corrected chi connectivity index (χ0v) is 58.0. The van der Waals surface area contributed by atoms with Crippen molar-refractivity contribution >= 4 is 19.8 Å².